The molecule has 2 aromatic rings. The first-order valence-electron chi connectivity index (χ1n) is 8.32. The predicted octanol–water partition coefficient (Wildman–Crippen LogP) is 3.62. The van der Waals surface area contributed by atoms with E-state index in [1.54, 1.807) is 0 Å². The molecule has 1 aliphatic carbocycles. The van der Waals surface area contributed by atoms with Crippen LogP contribution in [0.3, 0.4) is 0 Å². The van der Waals surface area contributed by atoms with Crippen LogP contribution in [0.25, 0.3) is 0 Å². The highest BCUT2D eigenvalue weighted by Gasteiger charge is 2.18. The molecule has 2 nitrogen and oxygen atoms in total. The smallest absolute Gasteiger partial charge is 0.0724 e. The fourth-order valence-corrected chi connectivity index (χ4v) is 3.10. The first kappa shape index (κ1) is 15.0. The summed E-state index contributed by atoms with van der Waals surface area (Å²) in [7, 11) is 0. The van der Waals surface area contributed by atoms with Crippen molar-refractivity contribution < 1.29 is 0 Å². The molecule has 0 saturated heterocycles. The largest absolute Gasteiger partial charge is 0.317 e. The van der Waals surface area contributed by atoms with E-state index in [1.807, 2.05) is 0 Å². The van der Waals surface area contributed by atoms with Crippen molar-refractivity contribution in [2.75, 3.05) is 19.6 Å². The number of nitrogens with zero attached hydrogens (tertiary/aromatic N) is 1. The summed E-state index contributed by atoms with van der Waals surface area (Å²) in [5.41, 5.74) is 6.65. The fourth-order valence-electron chi connectivity index (χ4n) is 3.10. The Morgan fingerprint density at radius 2 is 1.50 bits per heavy atom. The van der Waals surface area contributed by atoms with Gasteiger partial charge in [-0.05, 0) is 43.5 Å². The molecule has 0 fully saturated rings. The molecular weight excluding hydrogens is 268 g/mol. The van der Waals surface area contributed by atoms with Gasteiger partial charge in [0.25, 0.3) is 0 Å². The highest BCUT2D eigenvalue weighted by Crippen LogP contribution is 2.25. The van der Waals surface area contributed by atoms with E-state index in [0.29, 0.717) is 0 Å². The van der Waals surface area contributed by atoms with E-state index < -0.39 is 0 Å². The lowest BCUT2D eigenvalue weighted by Crippen LogP contribution is -2.15. The topological polar surface area (TPSA) is 24.4 Å². The van der Waals surface area contributed by atoms with Crippen molar-refractivity contribution in [2.45, 2.75) is 26.2 Å². The molecule has 0 heterocycles. The van der Waals surface area contributed by atoms with E-state index in [9.17, 15) is 0 Å². The van der Waals surface area contributed by atoms with Crippen LogP contribution in [0.1, 0.15) is 35.6 Å². The van der Waals surface area contributed by atoms with Gasteiger partial charge in [0.05, 0.1) is 5.71 Å². The predicted molar refractivity (Wildman–Crippen MR) is 94.0 cm³/mol. The van der Waals surface area contributed by atoms with E-state index >= 15 is 0 Å². The van der Waals surface area contributed by atoms with Crippen LogP contribution in [-0.2, 0) is 12.8 Å². The molecule has 0 unspecified atom stereocenters. The molecule has 0 atom stereocenters. The minimum absolute atomic E-state index is 0.880. The Bertz CT molecular complexity index is 609. The molecule has 2 aromatic carbocycles. The lowest BCUT2D eigenvalue weighted by atomic mass is 9.98. The van der Waals surface area contributed by atoms with E-state index in [0.717, 1.165) is 38.9 Å². The summed E-state index contributed by atoms with van der Waals surface area (Å²) in [6.45, 7) is 5.09. The first-order valence-corrected chi connectivity index (χ1v) is 8.32. The van der Waals surface area contributed by atoms with Crippen LogP contribution in [0, 0.1) is 0 Å². The molecule has 0 amide bonds. The van der Waals surface area contributed by atoms with Crippen LogP contribution in [0.15, 0.2) is 53.5 Å². The Hall–Kier alpha value is -1.93. The number of aryl methyl sites for hydroxylation is 2. The first-order chi connectivity index (χ1) is 10.9. The van der Waals surface area contributed by atoms with Crippen molar-refractivity contribution in [2.24, 2.45) is 4.99 Å². The SMILES string of the molecule is CCNCCCN=C1c2ccccc2CCc2ccccc21. The second-order valence-electron chi connectivity index (χ2n) is 5.75. The summed E-state index contributed by atoms with van der Waals surface area (Å²) in [6.07, 6.45) is 3.29. The summed E-state index contributed by atoms with van der Waals surface area (Å²) >= 11 is 0. The number of aliphatic imine (C=N–C) groups is 1. The summed E-state index contributed by atoms with van der Waals surface area (Å²) in [4.78, 5) is 4.97. The third-order valence-electron chi connectivity index (χ3n) is 4.24. The zero-order valence-electron chi connectivity index (χ0n) is 13.3. The van der Waals surface area contributed by atoms with Gasteiger partial charge in [-0.3, -0.25) is 4.99 Å². The molecule has 2 heteroatoms. The van der Waals surface area contributed by atoms with E-state index in [2.05, 4.69) is 60.8 Å². The van der Waals surface area contributed by atoms with Crippen LogP contribution in [0.4, 0.5) is 0 Å². The second kappa shape index (κ2) is 7.37. The van der Waals surface area contributed by atoms with E-state index in [4.69, 9.17) is 4.99 Å². The van der Waals surface area contributed by atoms with Gasteiger partial charge >= 0.3 is 0 Å². The van der Waals surface area contributed by atoms with Gasteiger partial charge in [-0.15, -0.1) is 0 Å². The molecule has 0 spiro atoms. The standard InChI is InChI=1S/C20H24N2/c1-2-21-14-7-15-22-20-18-10-5-3-8-16(18)12-13-17-9-4-6-11-19(17)20/h3-6,8-11,21H,2,7,12-15H2,1H3. The highest BCUT2D eigenvalue weighted by molar-refractivity contribution is 6.15. The zero-order valence-corrected chi connectivity index (χ0v) is 13.3. The Labute approximate surface area is 133 Å². The Balaban J connectivity index is 1.93. The van der Waals surface area contributed by atoms with Gasteiger partial charge in [0.2, 0.25) is 0 Å². The molecule has 1 aliphatic rings. The fraction of sp³-hybridized carbons (Fsp3) is 0.350. The quantitative estimate of drug-likeness (QED) is 0.836. The Kier molecular flexibility index (Phi) is 5.02. The number of hydrogen-bond acceptors (Lipinski definition) is 2. The van der Waals surface area contributed by atoms with Crippen LogP contribution >= 0.6 is 0 Å². The van der Waals surface area contributed by atoms with Crippen molar-refractivity contribution >= 4 is 5.71 Å². The molecule has 0 radical (unpaired) electrons. The number of nitrogens with one attached hydrogen (secondary N) is 1. The minimum atomic E-state index is 0.880. The van der Waals surface area contributed by atoms with Gasteiger partial charge in [0.15, 0.2) is 0 Å². The number of rotatable bonds is 5. The molecule has 0 aromatic heterocycles. The highest BCUT2D eigenvalue weighted by atomic mass is 14.8. The van der Waals surface area contributed by atoms with Crippen LogP contribution < -0.4 is 5.32 Å². The van der Waals surface area contributed by atoms with Gasteiger partial charge in [-0.2, -0.15) is 0 Å². The molecule has 114 valence electrons. The van der Waals surface area contributed by atoms with Gasteiger partial charge in [-0.25, -0.2) is 0 Å². The third kappa shape index (κ3) is 3.28. The van der Waals surface area contributed by atoms with Crippen molar-refractivity contribution in [3.8, 4) is 0 Å². The minimum Gasteiger partial charge on any atom is -0.317 e. The van der Waals surface area contributed by atoms with Crippen LogP contribution in [0.2, 0.25) is 0 Å². The van der Waals surface area contributed by atoms with Crippen molar-refractivity contribution in [1.29, 1.82) is 0 Å². The Morgan fingerprint density at radius 1 is 0.909 bits per heavy atom. The van der Waals surface area contributed by atoms with Gasteiger partial charge in [-0.1, -0.05) is 55.5 Å². The van der Waals surface area contributed by atoms with Crippen molar-refractivity contribution in [3.05, 3.63) is 70.8 Å². The van der Waals surface area contributed by atoms with Crippen molar-refractivity contribution in [1.82, 2.24) is 5.32 Å². The summed E-state index contributed by atoms with van der Waals surface area (Å²) in [6, 6.07) is 17.5. The number of fused-ring (bicyclic) bond motifs is 2. The van der Waals surface area contributed by atoms with Crippen LogP contribution in [0.5, 0.6) is 0 Å². The lowest BCUT2D eigenvalue weighted by molar-refractivity contribution is 0.680. The molecule has 22 heavy (non-hydrogen) atoms. The Morgan fingerprint density at radius 3 is 2.09 bits per heavy atom. The zero-order chi connectivity index (χ0) is 15.2. The molecule has 0 saturated carbocycles. The van der Waals surface area contributed by atoms with Crippen LogP contribution in [-0.4, -0.2) is 25.3 Å². The summed E-state index contributed by atoms with van der Waals surface area (Å²) in [5, 5.41) is 3.37. The van der Waals surface area contributed by atoms with Gasteiger partial charge in [0, 0.05) is 17.7 Å². The molecule has 3 rings (SSSR count). The normalized spacial score (nSPS) is 13.2. The van der Waals surface area contributed by atoms with E-state index in [1.165, 1.54) is 28.0 Å². The maximum absolute atomic E-state index is 4.97. The maximum Gasteiger partial charge on any atom is 0.0724 e. The summed E-state index contributed by atoms with van der Waals surface area (Å²) in [5.74, 6) is 0. The molecular formula is C20H24N2. The third-order valence-corrected chi connectivity index (χ3v) is 4.24. The summed E-state index contributed by atoms with van der Waals surface area (Å²) < 4.78 is 0. The number of hydrogen-bond donors (Lipinski definition) is 1. The number of benzene rings is 2. The van der Waals surface area contributed by atoms with Gasteiger partial charge < -0.3 is 5.32 Å². The average molecular weight is 292 g/mol. The second-order valence-corrected chi connectivity index (χ2v) is 5.75. The van der Waals surface area contributed by atoms with Gasteiger partial charge in [0.1, 0.15) is 0 Å². The van der Waals surface area contributed by atoms with E-state index in [-0.39, 0.29) is 0 Å². The molecule has 0 bridgehead atoms. The lowest BCUT2D eigenvalue weighted by Gasteiger charge is -2.11. The maximum atomic E-state index is 4.97. The average Bonchev–Trinajstić information content (AvgIpc) is 2.72. The van der Waals surface area contributed by atoms with Crippen molar-refractivity contribution in [3.63, 3.8) is 0 Å². The molecule has 0 aliphatic heterocycles. The monoisotopic (exact) mass is 292 g/mol. The molecule has 1 N–H and O–H groups in total.